The van der Waals surface area contributed by atoms with Crippen molar-refractivity contribution >= 4 is 29.2 Å². The normalized spacial score (nSPS) is 9.97. The molecule has 0 saturated carbocycles. The first kappa shape index (κ1) is 24.8. The quantitative estimate of drug-likeness (QED) is 0.299. The molecule has 0 radical (unpaired) electrons. The maximum Gasteiger partial charge on any atom is 0.338 e. The fourth-order valence-electron chi connectivity index (χ4n) is 2.81. The lowest BCUT2D eigenvalue weighted by atomic mass is 10.1. The largest absolute Gasteiger partial charge is 0.494 e. The first-order valence-electron chi connectivity index (χ1n) is 9.75. The molecule has 2 rings (SSSR count). The maximum atomic E-state index is 12.7. The van der Waals surface area contributed by atoms with Gasteiger partial charge in [0.1, 0.15) is 5.75 Å². The zero-order valence-corrected chi connectivity index (χ0v) is 18.0. The van der Waals surface area contributed by atoms with E-state index in [2.05, 4.69) is 4.74 Å². The van der Waals surface area contributed by atoms with E-state index in [0.29, 0.717) is 18.0 Å². The van der Waals surface area contributed by atoms with E-state index in [4.69, 9.17) is 14.7 Å². The van der Waals surface area contributed by atoms with E-state index >= 15 is 0 Å². The van der Waals surface area contributed by atoms with E-state index in [0.717, 1.165) is 25.3 Å². The molecule has 0 aliphatic rings. The molecule has 11 heteroatoms. The minimum absolute atomic E-state index is 0.0419. The highest BCUT2D eigenvalue weighted by molar-refractivity contribution is 5.99. The number of benzene rings is 2. The molecular weight excluding hydrogens is 434 g/mol. The second-order valence-electron chi connectivity index (χ2n) is 6.47. The summed E-state index contributed by atoms with van der Waals surface area (Å²) < 4.78 is 14.9. The second-order valence-corrected chi connectivity index (χ2v) is 6.47. The summed E-state index contributed by atoms with van der Waals surface area (Å²) in [6, 6.07) is 11.5. The van der Waals surface area contributed by atoms with Crippen molar-refractivity contribution in [2.75, 3.05) is 31.8 Å². The van der Waals surface area contributed by atoms with Crippen LogP contribution in [0.25, 0.3) is 0 Å². The van der Waals surface area contributed by atoms with Crippen LogP contribution in [0.5, 0.6) is 5.75 Å². The van der Waals surface area contributed by atoms with E-state index in [1.54, 1.807) is 24.3 Å². The number of amides is 1. The number of esters is 2. The molecule has 0 heterocycles. The van der Waals surface area contributed by atoms with Crippen LogP contribution in [0.1, 0.15) is 34.1 Å². The highest BCUT2D eigenvalue weighted by Crippen LogP contribution is 2.21. The second kappa shape index (κ2) is 11.8. The molecule has 0 fully saturated rings. The molecule has 172 valence electrons. The number of nitriles is 1. The number of methoxy groups -OCH3 is 1. The Labute approximate surface area is 189 Å². The number of nitrogens with zero attached hydrogens (tertiary/aromatic N) is 3. The average Bonchev–Trinajstić information content (AvgIpc) is 2.82. The topological polar surface area (TPSA) is 149 Å². The molecule has 0 atom stereocenters. The van der Waals surface area contributed by atoms with Gasteiger partial charge in [-0.1, -0.05) is 0 Å². The molecule has 0 aromatic heterocycles. The molecule has 33 heavy (non-hydrogen) atoms. The van der Waals surface area contributed by atoms with Gasteiger partial charge in [-0.15, -0.1) is 0 Å². The summed E-state index contributed by atoms with van der Waals surface area (Å²) in [4.78, 5) is 48.5. The van der Waals surface area contributed by atoms with Crippen LogP contribution >= 0.6 is 0 Å². The molecule has 0 unspecified atom stereocenters. The summed E-state index contributed by atoms with van der Waals surface area (Å²) in [5.74, 6) is -1.92. The lowest BCUT2D eigenvalue weighted by Crippen LogP contribution is -2.35. The molecule has 2 aromatic rings. The monoisotopic (exact) mass is 455 g/mol. The average molecular weight is 455 g/mol. The summed E-state index contributed by atoms with van der Waals surface area (Å²) in [6.07, 6.45) is 0.0419. The van der Waals surface area contributed by atoms with Gasteiger partial charge in [0, 0.05) is 24.4 Å². The predicted molar refractivity (Wildman–Crippen MR) is 115 cm³/mol. The Morgan fingerprint density at radius 1 is 1.09 bits per heavy atom. The first-order chi connectivity index (χ1) is 15.8. The van der Waals surface area contributed by atoms with Gasteiger partial charge in [-0.05, 0) is 37.3 Å². The van der Waals surface area contributed by atoms with Gasteiger partial charge in [-0.2, -0.15) is 5.26 Å². The number of nitro groups is 1. The molecular formula is C22H21N3O8. The molecule has 0 saturated heterocycles. The van der Waals surface area contributed by atoms with Crippen LogP contribution in [0.2, 0.25) is 0 Å². The number of anilines is 1. The van der Waals surface area contributed by atoms with Crippen molar-refractivity contribution in [3.63, 3.8) is 0 Å². The number of non-ortho nitro benzene ring substituents is 1. The van der Waals surface area contributed by atoms with Gasteiger partial charge in [-0.3, -0.25) is 14.9 Å². The lowest BCUT2D eigenvalue weighted by molar-refractivity contribution is -0.384. The van der Waals surface area contributed by atoms with Crippen molar-refractivity contribution in [2.45, 2.75) is 13.3 Å². The van der Waals surface area contributed by atoms with E-state index in [1.165, 1.54) is 4.90 Å². The van der Waals surface area contributed by atoms with Gasteiger partial charge >= 0.3 is 11.9 Å². The lowest BCUT2D eigenvalue weighted by Gasteiger charge is -2.22. The Morgan fingerprint density at radius 3 is 2.27 bits per heavy atom. The Bertz CT molecular complexity index is 1080. The number of ether oxygens (including phenoxy) is 3. The number of hydrogen-bond acceptors (Lipinski definition) is 9. The van der Waals surface area contributed by atoms with Crippen LogP contribution in [0, 0.1) is 21.4 Å². The van der Waals surface area contributed by atoms with Gasteiger partial charge in [0.25, 0.3) is 11.6 Å². The molecule has 11 nitrogen and oxygen atoms in total. The number of rotatable bonds is 10. The number of hydrogen-bond donors (Lipinski definition) is 0. The molecule has 0 N–H and O–H groups in total. The molecule has 2 aromatic carbocycles. The molecule has 0 aliphatic heterocycles. The van der Waals surface area contributed by atoms with Crippen molar-refractivity contribution in [1.29, 1.82) is 5.26 Å². The SMILES string of the molecule is CCOc1ccc(N(CCC#N)C(=O)COC(=O)c2cc(C(=O)OC)cc([N+](=O)[O-])c2)cc1. The Kier molecular flexibility index (Phi) is 8.87. The van der Waals surface area contributed by atoms with Crippen molar-refractivity contribution in [3.8, 4) is 11.8 Å². The number of carbonyl (C=O) groups is 3. The van der Waals surface area contributed by atoms with E-state index in [1.807, 2.05) is 13.0 Å². The third kappa shape index (κ3) is 6.76. The van der Waals surface area contributed by atoms with Crippen LogP contribution in [0.15, 0.2) is 42.5 Å². The van der Waals surface area contributed by atoms with Crippen LogP contribution in [-0.2, 0) is 14.3 Å². The number of carbonyl (C=O) groups excluding carboxylic acids is 3. The fourth-order valence-corrected chi connectivity index (χ4v) is 2.81. The van der Waals surface area contributed by atoms with Gasteiger partial charge in [-0.25, -0.2) is 9.59 Å². The third-order valence-electron chi connectivity index (χ3n) is 4.32. The van der Waals surface area contributed by atoms with Gasteiger partial charge < -0.3 is 19.1 Å². The maximum absolute atomic E-state index is 12.7. The summed E-state index contributed by atoms with van der Waals surface area (Å²) >= 11 is 0. The molecule has 1 amide bonds. The highest BCUT2D eigenvalue weighted by Gasteiger charge is 2.22. The predicted octanol–water partition coefficient (Wildman–Crippen LogP) is 2.88. The zero-order valence-electron chi connectivity index (χ0n) is 18.0. The van der Waals surface area contributed by atoms with E-state index in [9.17, 15) is 24.5 Å². The summed E-state index contributed by atoms with van der Waals surface area (Å²) in [7, 11) is 1.09. The fraction of sp³-hybridized carbons (Fsp3) is 0.273. The Hall–Kier alpha value is -4.46. The van der Waals surface area contributed by atoms with Gasteiger partial charge in [0.15, 0.2) is 6.61 Å². The van der Waals surface area contributed by atoms with Gasteiger partial charge in [0.2, 0.25) is 0 Å². The van der Waals surface area contributed by atoms with E-state index in [-0.39, 0.29) is 24.1 Å². The van der Waals surface area contributed by atoms with Crippen molar-refractivity contribution in [1.82, 2.24) is 0 Å². The number of nitro benzene ring substituents is 1. The van der Waals surface area contributed by atoms with Crippen LogP contribution < -0.4 is 9.64 Å². The Morgan fingerprint density at radius 2 is 1.73 bits per heavy atom. The molecule has 0 aliphatic carbocycles. The van der Waals surface area contributed by atoms with Crippen molar-refractivity contribution < 1.29 is 33.5 Å². The van der Waals surface area contributed by atoms with Crippen LogP contribution in [0.3, 0.4) is 0 Å². The summed E-state index contributed by atoms with van der Waals surface area (Å²) in [5.41, 5.74) is -0.545. The third-order valence-corrected chi connectivity index (χ3v) is 4.32. The van der Waals surface area contributed by atoms with Gasteiger partial charge in [0.05, 0.1) is 42.3 Å². The summed E-state index contributed by atoms with van der Waals surface area (Å²) in [5, 5.41) is 20.0. The minimum Gasteiger partial charge on any atom is -0.494 e. The van der Waals surface area contributed by atoms with Crippen LogP contribution in [-0.4, -0.2) is 49.6 Å². The molecule has 0 spiro atoms. The highest BCUT2D eigenvalue weighted by atomic mass is 16.6. The smallest absolute Gasteiger partial charge is 0.338 e. The van der Waals surface area contributed by atoms with Crippen molar-refractivity contribution in [3.05, 3.63) is 63.7 Å². The first-order valence-corrected chi connectivity index (χ1v) is 9.75. The minimum atomic E-state index is -1.04. The zero-order chi connectivity index (χ0) is 24.4. The standard InChI is InChI=1S/C22H21N3O8/c1-3-32-19-7-5-17(6-8-19)24(10-4-9-23)20(26)14-33-22(28)16-11-15(21(27)31-2)12-18(13-16)25(29)30/h5-8,11-13H,3-4,10,14H2,1-2H3. The summed E-state index contributed by atoms with van der Waals surface area (Å²) in [6.45, 7) is 1.68. The van der Waals surface area contributed by atoms with E-state index < -0.39 is 35.1 Å². The molecule has 0 bridgehead atoms. The van der Waals surface area contributed by atoms with Crippen molar-refractivity contribution in [2.24, 2.45) is 0 Å². The van der Waals surface area contributed by atoms with Crippen LogP contribution in [0.4, 0.5) is 11.4 Å². The Balaban J connectivity index is 2.18.